The number of hydrogen-bond acceptors (Lipinski definition) is 4. The van der Waals surface area contributed by atoms with Crippen molar-refractivity contribution in [1.82, 2.24) is 4.98 Å². The lowest BCUT2D eigenvalue weighted by Gasteiger charge is -2.01. The molecule has 0 saturated carbocycles. The van der Waals surface area contributed by atoms with Gasteiger partial charge < -0.3 is 10.8 Å². The van der Waals surface area contributed by atoms with Gasteiger partial charge in [-0.15, -0.1) is 11.3 Å². The van der Waals surface area contributed by atoms with E-state index < -0.39 is 0 Å². The summed E-state index contributed by atoms with van der Waals surface area (Å²) < 4.78 is 0. The fourth-order valence-electron chi connectivity index (χ4n) is 1.64. The Bertz CT molecular complexity index is 483. The molecule has 0 saturated heterocycles. The van der Waals surface area contributed by atoms with Gasteiger partial charge in [0.1, 0.15) is 5.76 Å². The molecule has 3 N–H and O–H groups in total. The first kappa shape index (κ1) is 11.1. The molecule has 0 aromatic carbocycles. The van der Waals surface area contributed by atoms with Crippen molar-refractivity contribution in [2.45, 2.75) is 13.3 Å². The third-order valence-electron chi connectivity index (χ3n) is 2.57. The molecule has 0 amide bonds. The molecular formula is C12H14N2OS. The number of hydrogen-bond donors (Lipinski definition) is 2. The predicted octanol–water partition coefficient (Wildman–Crippen LogP) is 2.57. The van der Waals surface area contributed by atoms with Gasteiger partial charge in [-0.3, -0.25) is 0 Å². The Morgan fingerprint density at radius 2 is 2.38 bits per heavy atom. The Kier molecular flexibility index (Phi) is 3.22. The van der Waals surface area contributed by atoms with Gasteiger partial charge in [-0.05, 0) is 30.6 Å². The zero-order valence-electron chi connectivity index (χ0n) is 9.10. The second-order valence-corrected chi connectivity index (χ2v) is 4.52. The maximum absolute atomic E-state index is 9.88. The number of nitrogens with zero attached hydrogens (tertiary/aromatic N) is 1. The van der Waals surface area contributed by atoms with Crippen molar-refractivity contribution in [2.75, 3.05) is 6.54 Å². The highest BCUT2D eigenvalue weighted by Crippen LogP contribution is 2.27. The van der Waals surface area contributed by atoms with Crippen LogP contribution in [0.2, 0.25) is 0 Å². The SMILES string of the molecule is Cc1ncsc1C1=CC(O)=C(CN)CC=C1. The van der Waals surface area contributed by atoms with Crippen LogP contribution < -0.4 is 5.73 Å². The van der Waals surface area contributed by atoms with Gasteiger partial charge in [-0.1, -0.05) is 12.2 Å². The van der Waals surface area contributed by atoms with Crippen molar-refractivity contribution < 1.29 is 5.11 Å². The molecule has 1 aliphatic carbocycles. The Hall–Kier alpha value is -1.39. The van der Waals surface area contributed by atoms with E-state index in [-0.39, 0.29) is 5.76 Å². The van der Waals surface area contributed by atoms with Crippen LogP contribution >= 0.6 is 11.3 Å². The van der Waals surface area contributed by atoms with Gasteiger partial charge in [0.25, 0.3) is 0 Å². The summed E-state index contributed by atoms with van der Waals surface area (Å²) in [6.45, 7) is 2.36. The third-order valence-corrected chi connectivity index (χ3v) is 3.55. The summed E-state index contributed by atoms with van der Waals surface area (Å²) in [5.74, 6) is 0.287. The van der Waals surface area contributed by atoms with Gasteiger partial charge >= 0.3 is 0 Å². The molecule has 3 nitrogen and oxygen atoms in total. The molecule has 0 aliphatic heterocycles. The molecular weight excluding hydrogens is 220 g/mol. The fraction of sp³-hybridized carbons (Fsp3) is 0.250. The van der Waals surface area contributed by atoms with E-state index in [1.165, 1.54) is 0 Å². The maximum Gasteiger partial charge on any atom is 0.117 e. The summed E-state index contributed by atoms with van der Waals surface area (Å²) in [4.78, 5) is 5.31. The van der Waals surface area contributed by atoms with Gasteiger partial charge in [-0.25, -0.2) is 4.98 Å². The van der Waals surface area contributed by atoms with E-state index in [2.05, 4.69) is 4.98 Å². The molecule has 0 atom stereocenters. The average Bonchev–Trinajstić information content (AvgIpc) is 2.59. The molecule has 0 unspecified atom stereocenters. The summed E-state index contributed by atoms with van der Waals surface area (Å²) in [5, 5.41) is 9.88. The zero-order chi connectivity index (χ0) is 11.5. The number of rotatable bonds is 2. The lowest BCUT2D eigenvalue weighted by molar-refractivity contribution is 0.423. The van der Waals surface area contributed by atoms with E-state index in [0.29, 0.717) is 13.0 Å². The van der Waals surface area contributed by atoms with Crippen LogP contribution in [0.25, 0.3) is 5.57 Å². The lowest BCUT2D eigenvalue weighted by Crippen LogP contribution is -2.04. The predicted molar refractivity (Wildman–Crippen MR) is 67.3 cm³/mol. The number of thiazole rings is 1. The van der Waals surface area contributed by atoms with Crippen molar-refractivity contribution in [3.63, 3.8) is 0 Å². The van der Waals surface area contributed by atoms with Crippen molar-refractivity contribution >= 4 is 16.9 Å². The molecule has 1 aromatic rings. The Morgan fingerprint density at radius 3 is 3.00 bits per heavy atom. The van der Waals surface area contributed by atoms with Crippen molar-refractivity contribution in [2.24, 2.45) is 5.73 Å². The smallest absolute Gasteiger partial charge is 0.117 e. The van der Waals surface area contributed by atoms with Crippen molar-refractivity contribution in [3.8, 4) is 0 Å². The number of nitrogens with two attached hydrogens (primary N) is 1. The number of aliphatic hydroxyl groups is 1. The lowest BCUT2D eigenvalue weighted by atomic mass is 10.1. The van der Waals surface area contributed by atoms with Gasteiger partial charge in [0.15, 0.2) is 0 Å². The second-order valence-electron chi connectivity index (χ2n) is 3.67. The minimum atomic E-state index is 0.287. The van der Waals surface area contributed by atoms with Gasteiger partial charge in [0.2, 0.25) is 0 Å². The van der Waals surface area contributed by atoms with Crippen LogP contribution in [-0.2, 0) is 0 Å². The van der Waals surface area contributed by atoms with Gasteiger partial charge in [0.05, 0.1) is 16.1 Å². The molecule has 84 valence electrons. The van der Waals surface area contributed by atoms with Gasteiger partial charge in [-0.2, -0.15) is 0 Å². The normalized spacial score (nSPS) is 16.2. The molecule has 0 fully saturated rings. The summed E-state index contributed by atoms with van der Waals surface area (Å²) in [5.41, 5.74) is 10.2. The highest BCUT2D eigenvalue weighted by Gasteiger charge is 2.10. The van der Waals surface area contributed by atoms with E-state index in [4.69, 9.17) is 5.73 Å². The topological polar surface area (TPSA) is 59.1 Å². The van der Waals surface area contributed by atoms with Crippen LogP contribution in [-0.4, -0.2) is 16.6 Å². The first-order valence-corrected chi connectivity index (χ1v) is 6.00. The van der Waals surface area contributed by atoms with Gasteiger partial charge in [0, 0.05) is 6.54 Å². The molecule has 0 spiro atoms. The van der Waals surface area contributed by atoms with Crippen LogP contribution in [0.5, 0.6) is 0 Å². The zero-order valence-corrected chi connectivity index (χ0v) is 9.92. The summed E-state index contributed by atoms with van der Waals surface area (Å²) in [6.07, 6.45) is 6.52. The third kappa shape index (κ3) is 2.08. The average molecular weight is 234 g/mol. The van der Waals surface area contributed by atoms with Crippen molar-refractivity contribution in [3.05, 3.63) is 45.6 Å². The largest absolute Gasteiger partial charge is 0.508 e. The number of aliphatic hydroxyl groups excluding tert-OH is 1. The second kappa shape index (κ2) is 4.63. The first-order chi connectivity index (χ1) is 7.72. The molecule has 2 rings (SSSR count). The minimum absolute atomic E-state index is 0.287. The van der Waals surface area contributed by atoms with E-state index in [1.807, 2.05) is 24.6 Å². The molecule has 4 heteroatoms. The molecule has 0 bridgehead atoms. The van der Waals surface area contributed by atoms with Crippen LogP contribution in [0.4, 0.5) is 0 Å². The highest BCUT2D eigenvalue weighted by molar-refractivity contribution is 7.11. The van der Waals surface area contributed by atoms with E-state index in [1.54, 1.807) is 17.4 Å². The minimum Gasteiger partial charge on any atom is -0.508 e. The maximum atomic E-state index is 9.88. The molecule has 0 radical (unpaired) electrons. The van der Waals surface area contributed by atoms with E-state index in [0.717, 1.165) is 21.7 Å². The summed E-state index contributed by atoms with van der Waals surface area (Å²) >= 11 is 1.58. The van der Waals surface area contributed by atoms with Crippen LogP contribution in [0.15, 0.2) is 35.1 Å². The number of aromatic nitrogens is 1. The highest BCUT2D eigenvalue weighted by atomic mass is 32.1. The molecule has 16 heavy (non-hydrogen) atoms. The standard InChI is InChI=1S/C12H14N2OS/c1-8-12(16-7-14-8)9-3-2-4-10(6-13)11(15)5-9/h2-3,5,7,15H,4,6,13H2,1H3. The van der Waals surface area contributed by atoms with Crippen LogP contribution in [0.1, 0.15) is 17.0 Å². The molecule has 1 aliphatic rings. The number of allylic oxidation sites excluding steroid dienone is 4. The Labute approximate surface area is 98.6 Å². The quantitative estimate of drug-likeness (QED) is 0.826. The van der Waals surface area contributed by atoms with Crippen LogP contribution in [0, 0.1) is 6.92 Å². The van der Waals surface area contributed by atoms with Crippen molar-refractivity contribution in [1.29, 1.82) is 0 Å². The van der Waals surface area contributed by atoms with E-state index >= 15 is 0 Å². The first-order valence-electron chi connectivity index (χ1n) is 5.12. The summed E-state index contributed by atoms with van der Waals surface area (Å²) in [7, 11) is 0. The van der Waals surface area contributed by atoms with E-state index in [9.17, 15) is 5.11 Å². The Morgan fingerprint density at radius 1 is 1.56 bits per heavy atom. The fourth-order valence-corrected chi connectivity index (χ4v) is 2.44. The molecule has 1 heterocycles. The molecule has 1 aromatic heterocycles. The summed E-state index contributed by atoms with van der Waals surface area (Å²) in [6, 6.07) is 0. The monoisotopic (exact) mass is 234 g/mol. The van der Waals surface area contributed by atoms with Crippen LogP contribution in [0.3, 0.4) is 0 Å². The number of aryl methyl sites for hydroxylation is 1. The Balaban J connectivity index is 2.43.